The molecule has 0 spiro atoms. The summed E-state index contributed by atoms with van der Waals surface area (Å²) in [5.41, 5.74) is 0.633. The average Bonchev–Trinajstić information content (AvgIpc) is 2.44. The van der Waals surface area contributed by atoms with Gasteiger partial charge < -0.3 is 4.74 Å². The molecule has 0 saturated heterocycles. The standard InChI is InChI=1S/C13H12N4O3S/c1-9-15-13(17(2)21(18,19)16-9)20-11-7-3-5-10-6-4-8-14-12(10)11/h3-8H,1-2H3. The Morgan fingerprint density at radius 3 is 2.76 bits per heavy atom. The fourth-order valence-corrected chi connectivity index (χ4v) is 2.67. The number of amidine groups is 2. The van der Waals surface area contributed by atoms with E-state index in [1.807, 2.05) is 18.2 Å². The zero-order valence-corrected chi connectivity index (χ0v) is 12.2. The first-order valence-corrected chi connectivity index (χ1v) is 7.53. The van der Waals surface area contributed by atoms with E-state index in [0.717, 1.165) is 9.69 Å². The van der Waals surface area contributed by atoms with Crippen LogP contribution < -0.4 is 4.74 Å². The van der Waals surface area contributed by atoms with Crippen LogP contribution in [0, 0.1) is 0 Å². The van der Waals surface area contributed by atoms with Gasteiger partial charge in [0.1, 0.15) is 11.4 Å². The normalized spacial score (nSPS) is 17.3. The van der Waals surface area contributed by atoms with Crippen LogP contribution in [0.1, 0.15) is 6.92 Å². The lowest BCUT2D eigenvalue weighted by Crippen LogP contribution is -2.39. The lowest BCUT2D eigenvalue weighted by atomic mass is 10.2. The number of aromatic nitrogens is 1. The van der Waals surface area contributed by atoms with Crippen molar-refractivity contribution in [2.45, 2.75) is 6.92 Å². The monoisotopic (exact) mass is 304 g/mol. The van der Waals surface area contributed by atoms with E-state index in [4.69, 9.17) is 4.74 Å². The topological polar surface area (TPSA) is 84.2 Å². The SMILES string of the molecule is CC1=NS(=O)(=O)N(C)C(Oc2cccc3cccnc23)=N1. The molecule has 0 atom stereocenters. The van der Waals surface area contributed by atoms with Crippen LogP contribution in [0.15, 0.2) is 45.9 Å². The highest BCUT2D eigenvalue weighted by Gasteiger charge is 2.27. The van der Waals surface area contributed by atoms with Crippen molar-refractivity contribution in [3.05, 3.63) is 36.5 Å². The highest BCUT2D eigenvalue weighted by molar-refractivity contribution is 7.88. The van der Waals surface area contributed by atoms with Gasteiger partial charge in [0.25, 0.3) is 0 Å². The number of benzene rings is 1. The van der Waals surface area contributed by atoms with Crippen LogP contribution in [0.2, 0.25) is 0 Å². The van der Waals surface area contributed by atoms with E-state index in [1.54, 1.807) is 18.3 Å². The lowest BCUT2D eigenvalue weighted by molar-refractivity contribution is 0.462. The number of para-hydroxylation sites is 1. The van der Waals surface area contributed by atoms with Crippen molar-refractivity contribution in [3.63, 3.8) is 0 Å². The van der Waals surface area contributed by atoms with Crippen molar-refractivity contribution in [2.75, 3.05) is 7.05 Å². The number of nitrogens with zero attached hydrogens (tertiary/aromatic N) is 4. The third-order valence-electron chi connectivity index (χ3n) is 2.92. The van der Waals surface area contributed by atoms with Crippen molar-refractivity contribution >= 4 is 33.0 Å². The molecule has 1 aromatic heterocycles. The van der Waals surface area contributed by atoms with Crippen LogP contribution >= 0.6 is 0 Å². The summed E-state index contributed by atoms with van der Waals surface area (Å²) in [7, 11) is -2.45. The molecule has 3 rings (SSSR count). The van der Waals surface area contributed by atoms with Gasteiger partial charge in [-0.25, -0.2) is 4.31 Å². The van der Waals surface area contributed by atoms with Gasteiger partial charge in [-0.1, -0.05) is 18.2 Å². The fraction of sp³-hybridized carbons (Fsp3) is 0.154. The van der Waals surface area contributed by atoms with Crippen molar-refractivity contribution in [2.24, 2.45) is 9.39 Å². The van der Waals surface area contributed by atoms with Crippen LogP contribution in [0.4, 0.5) is 0 Å². The molecule has 0 radical (unpaired) electrons. The molecule has 0 fully saturated rings. The van der Waals surface area contributed by atoms with Crippen LogP contribution in [-0.2, 0) is 10.2 Å². The first-order valence-electron chi connectivity index (χ1n) is 6.13. The maximum absolute atomic E-state index is 11.8. The Labute approximate surface area is 121 Å². The third-order valence-corrected chi connectivity index (χ3v) is 4.26. The Morgan fingerprint density at radius 2 is 1.95 bits per heavy atom. The van der Waals surface area contributed by atoms with E-state index in [1.165, 1.54) is 14.0 Å². The Bertz CT molecular complexity index is 869. The molecule has 21 heavy (non-hydrogen) atoms. The van der Waals surface area contributed by atoms with Crippen LogP contribution in [0.5, 0.6) is 5.75 Å². The Morgan fingerprint density at radius 1 is 1.19 bits per heavy atom. The molecule has 0 bridgehead atoms. The number of rotatable bonds is 1. The van der Waals surface area contributed by atoms with Gasteiger partial charge in [-0.2, -0.15) is 13.4 Å². The summed E-state index contributed by atoms with van der Waals surface area (Å²) in [4.78, 5) is 8.27. The molecule has 7 nitrogen and oxygen atoms in total. The smallest absolute Gasteiger partial charge is 0.349 e. The van der Waals surface area contributed by atoms with Gasteiger partial charge >= 0.3 is 16.2 Å². The zero-order valence-electron chi connectivity index (χ0n) is 11.4. The molecule has 0 amide bonds. The van der Waals surface area contributed by atoms with Crippen LogP contribution in [0.3, 0.4) is 0 Å². The van der Waals surface area contributed by atoms with Gasteiger partial charge in [0, 0.05) is 18.6 Å². The molecule has 1 aliphatic rings. The van der Waals surface area contributed by atoms with Gasteiger partial charge in [0.15, 0.2) is 5.75 Å². The minimum Gasteiger partial charge on any atom is -0.423 e. The second-order valence-electron chi connectivity index (χ2n) is 4.41. The van der Waals surface area contributed by atoms with E-state index < -0.39 is 10.2 Å². The van der Waals surface area contributed by atoms with Crippen molar-refractivity contribution in [1.82, 2.24) is 9.29 Å². The first-order chi connectivity index (χ1) is 9.97. The molecular formula is C13H12N4O3S. The molecule has 0 N–H and O–H groups in total. The van der Waals surface area contributed by atoms with E-state index >= 15 is 0 Å². The molecule has 0 saturated carbocycles. The van der Waals surface area contributed by atoms with Gasteiger partial charge in [-0.3, -0.25) is 4.98 Å². The predicted octanol–water partition coefficient (Wildman–Crippen LogP) is 1.58. The Hall–Kier alpha value is -2.48. The molecule has 1 aliphatic heterocycles. The summed E-state index contributed by atoms with van der Waals surface area (Å²) in [5, 5.41) is 0.891. The molecule has 8 heteroatoms. The van der Waals surface area contributed by atoms with Crippen molar-refractivity contribution in [3.8, 4) is 5.75 Å². The summed E-state index contributed by atoms with van der Waals surface area (Å²) >= 11 is 0. The number of aliphatic imine (C=N–C) groups is 1. The number of ether oxygens (including phenoxy) is 1. The Kier molecular flexibility index (Phi) is 3.09. The molecule has 1 aromatic carbocycles. The van der Waals surface area contributed by atoms with Gasteiger partial charge in [0.2, 0.25) is 0 Å². The van der Waals surface area contributed by atoms with E-state index in [0.29, 0.717) is 11.3 Å². The summed E-state index contributed by atoms with van der Waals surface area (Å²) < 4.78 is 33.6. The minimum absolute atomic E-state index is 0.0550. The second kappa shape index (κ2) is 4.81. The number of fused-ring (bicyclic) bond motifs is 1. The van der Waals surface area contributed by atoms with E-state index in [9.17, 15) is 8.42 Å². The van der Waals surface area contributed by atoms with Crippen molar-refractivity contribution < 1.29 is 13.2 Å². The predicted molar refractivity (Wildman–Crippen MR) is 79.6 cm³/mol. The van der Waals surface area contributed by atoms with Crippen molar-refractivity contribution in [1.29, 1.82) is 0 Å². The highest BCUT2D eigenvalue weighted by Crippen LogP contribution is 2.24. The molecular weight excluding hydrogens is 292 g/mol. The summed E-state index contributed by atoms with van der Waals surface area (Å²) in [5.74, 6) is 0.555. The molecule has 108 valence electrons. The highest BCUT2D eigenvalue weighted by atomic mass is 32.2. The average molecular weight is 304 g/mol. The summed E-state index contributed by atoms with van der Waals surface area (Å²) in [6, 6.07) is 9.06. The fourth-order valence-electron chi connectivity index (χ4n) is 1.90. The Balaban J connectivity index is 2.05. The quantitative estimate of drug-likeness (QED) is 0.800. The maximum atomic E-state index is 11.8. The number of hydrogen-bond acceptors (Lipinski definition) is 5. The van der Waals surface area contributed by atoms with Crippen LogP contribution in [0.25, 0.3) is 10.9 Å². The largest absolute Gasteiger partial charge is 0.423 e. The molecule has 0 aliphatic carbocycles. The molecule has 0 unspecified atom stereocenters. The first kappa shape index (κ1) is 13.5. The van der Waals surface area contributed by atoms with Gasteiger partial charge in [0.05, 0.1) is 0 Å². The second-order valence-corrected chi connectivity index (χ2v) is 6.04. The third kappa shape index (κ3) is 2.45. The number of hydrogen-bond donors (Lipinski definition) is 0. The lowest BCUT2D eigenvalue weighted by Gasteiger charge is -2.21. The minimum atomic E-state index is -3.79. The van der Waals surface area contributed by atoms with Gasteiger partial charge in [-0.15, -0.1) is 4.40 Å². The van der Waals surface area contributed by atoms with Crippen LogP contribution in [-0.4, -0.2) is 36.6 Å². The zero-order chi connectivity index (χ0) is 15.0. The van der Waals surface area contributed by atoms with E-state index in [2.05, 4.69) is 14.4 Å². The summed E-state index contributed by atoms with van der Waals surface area (Å²) in [6.07, 6.45) is 1.64. The molecule has 2 aromatic rings. The molecule has 2 heterocycles. The summed E-state index contributed by atoms with van der Waals surface area (Å²) in [6.45, 7) is 1.50. The van der Waals surface area contributed by atoms with Gasteiger partial charge in [-0.05, 0) is 19.1 Å². The number of pyridine rings is 1. The maximum Gasteiger partial charge on any atom is 0.349 e. The van der Waals surface area contributed by atoms with E-state index in [-0.39, 0.29) is 11.9 Å².